The van der Waals surface area contributed by atoms with Crippen LogP contribution >= 0.6 is 0 Å². The molecule has 0 aliphatic rings. The van der Waals surface area contributed by atoms with Gasteiger partial charge in [0.1, 0.15) is 0 Å². The minimum absolute atomic E-state index is 0.206. The predicted molar refractivity (Wildman–Crippen MR) is 119 cm³/mol. The first-order chi connectivity index (χ1) is 13.6. The summed E-state index contributed by atoms with van der Waals surface area (Å²) >= 11 is 0. The molecule has 152 valence electrons. The fourth-order valence-electron chi connectivity index (χ4n) is 3.14. The Kier molecular flexibility index (Phi) is 9.42. The van der Waals surface area contributed by atoms with Crippen molar-refractivity contribution in [3.63, 3.8) is 0 Å². The third-order valence-electron chi connectivity index (χ3n) is 5.29. The van der Waals surface area contributed by atoms with E-state index in [4.69, 9.17) is 5.73 Å². The Balaban J connectivity index is 1.85. The molecule has 0 bridgehead atoms. The van der Waals surface area contributed by atoms with Crippen molar-refractivity contribution in [1.29, 1.82) is 0 Å². The number of aliphatic hydroxyl groups is 2. The van der Waals surface area contributed by atoms with Crippen LogP contribution in [0.2, 0.25) is 0 Å². The number of nitrogens with two attached hydrogens (primary N) is 1. The lowest BCUT2D eigenvalue weighted by atomic mass is 9.93. The Labute approximate surface area is 169 Å². The first-order valence-electron chi connectivity index (χ1n) is 10.4. The van der Waals surface area contributed by atoms with Crippen LogP contribution in [-0.2, 0) is 12.8 Å². The molecular weight excluding hydrogens is 346 g/mol. The third-order valence-corrected chi connectivity index (χ3v) is 5.29. The Morgan fingerprint density at radius 2 is 1.25 bits per heavy atom. The molecular formula is C25H35NO2. The molecule has 0 saturated carbocycles. The van der Waals surface area contributed by atoms with Crippen LogP contribution < -0.4 is 5.73 Å². The van der Waals surface area contributed by atoms with Gasteiger partial charge in [0.25, 0.3) is 0 Å². The maximum absolute atomic E-state index is 9.27. The van der Waals surface area contributed by atoms with Crippen molar-refractivity contribution >= 4 is 12.2 Å². The molecule has 3 heteroatoms. The zero-order chi connectivity index (χ0) is 20.2. The second kappa shape index (κ2) is 11.8. The van der Waals surface area contributed by atoms with Crippen LogP contribution in [0.1, 0.15) is 61.3 Å². The molecule has 0 aromatic heterocycles. The van der Waals surface area contributed by atoms with Gasteiger partial charge in [-0.05, 0) is 47.9 Å². The minimum atomic E-state index is -0.902. The van der Waals surface area contributed by atoms with Gasteiger partial charge in [-0.1, -0.05) is 86.9 Å². The number of aliphatic hydroxyl groups excluding tert-OH is 2. The van der Waals surface area contributed by atoms with Gasteiger partial charge in [0, 0.05) is 0 Å². The number of rotatable bonds is 12. The SMILES string of the molecule is CCCCCCc1ccc(/C=C/c2ccc(CCC(N)(CO)CO)cc2)cc1. The summed E-state index contributed by atoms with van der Waals surface area (Å²) in [6.45, 7) is 1.83. The standard InChI is InChI=1S/C25H35NO2/c1-2-3-4-5-6-21-7-9-22(10-8-21)11-12-23-13-15-24(16-14-23)17-18-25(26,19-27)20-28/h7-16,27-28H,2-6,17-20,26H2,1H3/b12-11+. The van der Waals surface area contributed by atoms with Crippen molar-refractivity contribution in [2.75, 3.05) is 13.2 Å². The zero-order valence-electron chi connectivity index (χ0n) is 17.1. The van der Waals surface area contributed by atoms with Crippen LogP contribution in [0.15, 0.2) is 48.5 Å². The Hall–Kier alpha value is -1.94. The average molecular weight is 382 g/mol. The van der Waals surface area contributed by atoms with Gasteiger partial charge in [-0.3, -0.25) is 0 Å². The van der Waals surface area contributed by atoms with Crippen molar-refractivity contribution in [3.05, 3.63) is 70.8 Å². The van der Waals surface area contributed by atoms with Crippen molar-refractivity contribution < 1.29 is 10.2 Å². The summed E-state index contributed by atoms with van der Waals surface area (Å²) in [4.78, 5) is 0. The Bertz CT molecular complexity index is 700. The molecule has 2 aromatic carbocycles. The van der Waals surface area contributed by atoms with Gasteiger partial charge in [-0.25, -0.2) is 0 Å². The van der Waals surface area contributed by atoms with Crippen molar-refractivity contribution in [3.8, 4) is 0 Å². The highest BCUT2D eigenvalue weighted by molar-refractivity contribution is 5.69. The summed E-state index contributed by atoms with van der Waals surface area (Å²) in [5.41, 5.74) is 9.95. The summed E-state index contributed by atoms with van der Waals surface area (Å²) < 4.78 is 0. The van der Waals surface area contributed by atoms with E-state index in [0.29, 0.717) is 6.42 Å². The molecule has 0 radical (unpaired) electrons. The van der Waals surface area contributed by atoms with E-state index in [0.717, 1.165) is 17.5 Å². The monoisotopic (exact) mass is 381 g/mol. The van der Waals surface area contributed by atoms with Crippen LogP contribution in [0.4, 0.5) is 0 Å². The highest BCUT2D eigenvalue weighted by Crippen LogP contribution is 2.15. The fourth-order valence-corrected chi connectivity index (χ4v) is 3.14. The number of hydrogen-bond acceptors (Lipinski definition) is 3. The van der Waals surface area contributed by atoms with Crippen LogP contribution in [0.5, 0.6) is 0 Å². The zero-order valence-corrected chi connectivity index (χ0v) is 17.1. The number of aryl methyl sites for hydroxylation is 2. The summed E-state index contributed by atoms with van der Waals surface area (Å²) in [6.07, 6.45) is 11.9. The normalized spacial score (nSPS) is 12.0. The van der Waals surface area contributed by atoms with E-state index in [1.54, 1.807) is 0 Å². The van der Waals surface area contributed by atoms with E-state index >= 15 is 0 Å². The van der Waals surface area contributed by atoms with Gasteiger partial charge in [-0.2, -0.15) is 0 Å². The third kappa shape index (κ3) is 7.59. The van der Waals surface area contributed by atoms with Crippen LogP contribution in [0.3, 0.4) is 0 Å². The quantitative estimate of drug-likeness (QED) is 0.372. The molecule has 0 aliphatic carbocycles. The van der Waals surface area contributed by atoms with E-state index in [2.05, 4.69) is 67.6 Å². The molecule has 0 fully saturated rings. The van der Waals surface area contributed by atoms with Crippen LogP contribution in [0, 0.1) is 0 Å². The highest BCUT2D eigenvalue weighted by atomic mass is 16.3. The summed E-state index contributed by atoms with van der Waals surface area (Å²) in [5.74, 6) is 0. The van der Waals surface area contributed by atoms with Gasteiger partial charge in [0.15, 0.2) is 0 Å². The van der Waals surface area contributed by atoms with E-state index in [1.807, 2.05) is 0 Å². The van der Waals surface area contributed by atoms with Gasteiger partial charge >= 0.3 is 0 Å². The molecule has 3 nitrogen and oxygen atoms in total. The van der Waals surface area contributed by atoms with E-state index in [9.17, 15) is 10.2 Å². The maximum Gasteiger partial charge on any atom is 0.0633 e. The molecule has 0 atom stereocenters. The molecule has 4 N–H and O–H groups in total. The lowest BCUT2D eigenvalue weighted by Crippen LogP contribution is -2.47. The lowest BCUT2D eigenvalue weighted by molar-refractivity contribution is 0.115. The number of unbranched alkanes of at least 4 members (excludes halogenated alkanes) is 3. The second-order valence-corrected chi connectivity index (χ2v) is 7.81. The second-order valence-electron chi connectivity index (χ2n) is 7.81. The van der Waals surface area contributed by atoms with E-state index in [-0.39, 0.29) is 13.2 Å². The Morgan fingerprint density at radius 1 is 0.750 bits per heavy atom. The van der Waals surface area contributed by atoms with Gasteiger partial charge in [-0.15, -0.1) is 0 Å². The average Bonchev–Trinajstić information content (AvgIpc) is 2.75. The lowest BCUT2D eigenvalue weighted by Gasteiger charge is -2.24. The van der Waals surface area contributed by atoms with Gasteiger partial charge in [0.05, 0.1) is 18.8 Å². The van der Waals surface area contributed by atoms with E-state index in [1.165, 1.54) is 43.2 Å². The molecule has 0 saturated heterocycles. The Morgan fingerprint density at radius 3 is 1.71 bits per heavy atom. The molecule has 0 spiro atoms. The smallest absolute Gasteiger partial charge is 0.0633 e. The van der Waals surface area contributed by atoms with Crippen molar-refractivity contribution in [2.45, 2.75) is 57.4 Å². The van der Waals surface area contributed by atoms with Crippen molar-refractivity contribution in [1.82, 2.24) is 0 Å². The van der Waals surface area contributed by atoms with Crippen LogP contribution in [-0.4, -0.2) is 29.0 Å². The molecule has 0 amide bonds. The number of hydrogen-bond donors (Lipinski definition) is 3. The fraction of sp³-hybridized carbons (Fsp3) is 0.440. The molecule has 2 aromatic rings. The molecule has 0 unspecified atom stereocenters. The minimum Gasteiger partial charge on any atom is -0.394 e. The predicted octanol–water partition coefficient (Wildman–Crippen LogP) is 4.59. The highest BCUT2D eigenvalue weighted by Gasteiger charge is 2.22. The molecule has 28 heavy (non-hydrogen) atoms. The van der Waals surface area contributed by atoms with E-state index < -0.39 is 5.54 Å². The van der Waals surface area contributed by atoms with Gasteiger partial charge in [0.2, 0.25) is 0 Å². The summed E-state index contributed by atoms with van der Waals surface area (Å²) in [6, 6.07) is 17.2. The van der Waals surface area contributed by atoms with Crippen molar-refractivity contribution in [2.24, 2.45) is 5.73 Å². The summed E-state index contributed by atoms with van der Waals surface area (Å²) in [7, 11) is 0. The number of benzene rings is 2. The first kappa shape index (κ1) is 22.4. The first-order valence-corrected chi connectivity index (χ1v) is 10.4. The maximum atomic E-state index is 9.27. The van der Waals surface area contributed by atoms with Gasteiger partial charge < -0.3 is 15.9 Å². The molecule has 0 heterocycles. The molecule has 2 rings (SSSR count). The van der Waals surface area contributed by atoms with Crippen LogP contribution in [0.25, 0.3) is 12.2 Å². The largest absolute Gasteiger partial charge is 0.394 e. The topological polar surface area (TPSA) is 66.5 Å². The summed E-state index contributed by atoms with van der Waals surface area (Å²) in [5, 5.41) is 18.5. The molecule has 0 aliphatic heterocycles.